The fraction of sp³-hybridized carbons (Fsp3) is 0.429. The number of carbonyl (C=O) groups is 2. The van der Waals surface area contributed by atoms with Gasteiger partial charge in [-0.25, -0.2) is 0 Å². The highest BCUT2D eigenvalue weighted by Crippen LogP contribution is 2.31. The minimum absolute atomic E-state index is 0.388. The second kappa shape index (κ2) is 4.91. The summed E-state index contributed by atoms with van der Waals surface area (Å²) in [5.41, 5.74) is 3.26. The molecule has 1 heterocycles. The van der Waals surface area contributed by atoms with E-state index in [0.717, 1.165) is 16.7 Å². The first-order valence-corrected chi connectivity index (χ1v) is 6.18. The maximum absolute atomic E-state index is 11.9. The Hall–Kier alpha value is -2.04. The number of fused-ring (bicyclic) bond motifs is 1. The molecule has 5 heteroatoms. The number of carboxylic acids is 1. The van der Waals surface area contributed by atoms with Crippen molar-refractivity contribution in [1.82, 2.24) is 5.32 Å². The molecule has 2 rings (SSSR count). The average molecular weight is 263 g/mol. The van der Waals surface area contributed by atoms with Crippen molar-refractivity contribution in [2.75, 3.05) is 0 Å². The molecule has 5 nitrogen and oxygen atoms in total. The van der Waals surface area contributed by atoms with Gasteiger partial charge < -0.3 is 15.2 Å². The van der Waals surface area contributed by atoms with E-state index in [1.165, 1.54) is 6.92 Å². The van der Waals surface area contributed by atoms with E-state index in [1.807, 2.05) is 26.0 Å². The summed E-state index contributed by atoms with van der Waals surface area (Å²) in [6.45, 7) is 5.42. The molecule has 0 saturated carbocycles. The van der Waals surface area contributed by atoms with Crippen LogP contribution in [0.5, 0.6) is 5.75 Å². The van der Waals surface area contributed by atoms with Gasteiger partial charge >= 0.3 is 5.97 Å². The lowest BCUT2D eigenvalue weighted by molar-refractivity contribution is -0.142. The third-order valence-corrected chi connectivity index (χ3v) is 3.37. The molecular formula is C14H17NO4. The van der Waals surface area contributed by atoms with E-state index < -0.39 is 18.1 Å². The van der Waals surface area contributed by atoms with Crippen molar-refractivity contribution in [3.63, 3.8) is 0 Å². The van der Waals surface area contributed by atoms with Crippen LogP contribution in [0.3, 0.4) is 0 Å². The van der Waals surface area contributed by atoms with Gasteiger partial charge in [-0.2, -0.15) is 0 Å². The first-order chi connectivity index (χ1) is 8.88. The molecule has 0 saturated heterocycles. The van der Waals surface area contributed by atoms with E-state index in [9.17, 15) is 9.59 Å². The highest BCUT2D eigenvalue weighted by Gasteiger charge is 2.31. The van der Waals surface area contributed by atoms with Gasteiger partial charge in [0.05, 0.1) is 0 Å². The van der Waals surface area contributed by atoms with Crippen LogP contribution in [0.15, 0.2) is 12.1 Å². The summed E-state index contributed by atoms with van der Waals surface area (Å²) in [6.07, 6.45) is -0.160. The fourth-order valence-corrected chi connectivity index (χ4v) is 2.03. The summed E-state index contributed by atoms with van der Waals surface area (Å²) in [5, 5.41) is 11.2. The average Bonchev–Trinajstić information content (AvgIpc) is 2.72. The highest BCUT2D eigenvalue weighted by molar-refractivity contribution is 5.87. The molecule has 1 aromatic carbocycles. The van der Waals surface area contributed by atoms with Gasteiger partial charge in [0.15, 0.2) is 6.10 Å². The topological polar surface area (TPSA) is 75.6 Å². The Bertz CT molecular complexity index is 507. The van der Waals surface area contributed by atoms with E-state index in [2.05, 4.69) is 5.32 Å². The highest BCUT2D eigenvalue weighted by atomic mass is 16.5. The van der Waals surface area contributed by atoms with Crippen molar-refractivity contribution in [1.29, 1.82) is 0 Å². The SMILES string of the molecule is Cc1cc2c(cc1C)OC(C(=O)N[C@@H](C)C(=O)O)C2. The zero-order chi connectivity index (χ0) is 14.2. The van der Waals surface area contributed by atoms with Gasteiger partial charge in [-0.05, 0) is 43.5 Å². The number of nitrogens with one attached hydrogen (secondary N) is 1. The predicted molar refractivity (Wildman–Crippen MR) is 69.3 cm³/mol. The van der Waals surface area contributed by atoms with E-state index in [-0.39, 0.29) is 5.91 Å². The molecule has 1 aromatic rings. The Labute approximate surface area is 111 Å². The van der Waals surface area contributed by atoms with Crippen molar-refractivity contribution < 1.29 is 19.4 Å². The summed E-state index contributed by atoms with van der Waals surface area (Å²) >= 11 is 0. The van der Waals surface area contributed by atoms with Gasteiger partial charge in [0, 0.05) is 6.42 Å². The van der Waals surface area contributed by atoms with Crippen LogP contribution in [-0.2, 0) is 16.0 Å². The van der Waals surface area contributed by atoms with Crippen molar-refractivity contribution in [3.8, 4) is 5.75 Å². The van der Waals surface area contributed by atoms with Crippen LogP contribution >= 0.6 is 0 Å². The maximum atomic E-state index is 11.9. The van der Waals surface area contributed by atoms with Crippen LogP contribution in [0.2, 0.25) is 0 Å². The lowest BCUT2D eigenvalue weighted by Crippen LogP contribution is -2.45. The molecule has 2 N–H and O–H groups in total. The number of rotatable bonds is 3. The molecule has 0 spiro atoms. The second-order valence-corrected chi connectivity index (χ2v) is 4.92. The maximum Gasteiger partial charge on any atom is 0.325 e. The molecule has 0 fully saturated rings. The van der Waals surface area contributed by atoms with Gasteiger partial charge in [0.2, 0.25) is 0 Å². The Balaban J connectivity index is 2.07. The lowest BCUT2D eigenvalue weighted by atomic mass is 10.0. The summed E-state index contributed by atoms with van der Waals surface area (Å²) in [6, 6.07) is 3.01. The molecule has 1 amide bonds. The standard InChI is InChI=1S/C14H17NO4/c1-7-4-10-6-12(19-11(10)5-8(7)2)13(16)15-9(3)14(17)18/h4-5,9,12H,6H2,1-3H3,(H,15,16)(H,17,18)/t9-,12?/m0/s1. The largest absolute Gasteiger partial charge is 0.480 e. The molecule has 102 valence electrons. The summed E-state index contributed by atoms with van der Waals surface area (Å²) < 4.78 is 5.58. The van der Waals surface area contributed by atoms with E-state index in [1.54, 1.807) is 0 Å². The number of carboxylic acid groups (broad SMARTS) is 1. The number of hydrogen-bond donors (Lipinski definition) is 2. The number of aliphatic carboxylic acids is 1. The van der Waals surface area contributed by atoms with Crippen LogP contribution in [0.25, 0.3) is 0 Å². The monoisotopic (exact) mass is 263 g/mol. The van der Waals surface area contributed by atoms with Crippen LogP contribution in [0.4, 0.5) is 0 Å². The normalized spacial score (nSPS) is 18.4. The lowest BCUT2D eigenvalue weighted by Gasteiger charge is -2.13. The van der Waals surface area contributed by atoms with Gasteiger partial charge in [-0.3, -0.25) is 9.59 Å². The Morgan fingerprint density at radius 1 is 1.37 bits per heavy atom. The molecule has 2 atom stereocenters. The van der Waals surface area contributed by atoms with Gasteiger partial charge in [-0.1, -0.05) is 6.07 Å². The first-order valence-electron chi connectivity index (χ1n) is 6.18. The number of carbonyl (C=O) groups excluding carboxylic acids is 1. The molecule has 1 unspecified atom stereocenters. The third-order valence-electron chi connectivity index (χ3n) is 3.37. The van der Waals surface area contributed by atoms with Crippen LogP contribution < -0.4 is 10.1 Å². The van der Waals surface area contributed by atoms with Crippen molar-refractivity contribution in [2.45, 2.75) is 39.3 Å². The third kappa shape index (κ3) is 2.70. The molecule has 19 heavy (non-hydrogen) atoms. The minimum atomic E-state index is -1.06. The summed E-state index contributed by atoms with van der Waals surface area (Å²) in [7, 11) is 0. The van der Waals surface area contributed by atoms with E-state index >= 15 is 0 Å². The van der Waals surface area contributed by atoms with Crippen LogP contribution in [-0.4, -0.2) is 29.1 Å². The van der Waals surface area contributed by atoms with E-state index in [4.69, 9.17) is 9.84 Å². The Kier molecular flexibility index (Phi) is 3.46. The van der Waals surface area contributed by atoms with Gasteiger partial charge in [-0.15, -0.1) is 0 Å². The predicted octanol–water partition coefficient (Wildman–Crippen LogP) is 1.20. The molecule has 1 aliphatic rings. The number of hydrogen-bond acceptors (Lipinski definition) is 3. The quantitative estimate of drug-likeness (QED) is 0.859. The number of amides is 1. The van der Waals surface area contributed by atoms with E-state index in [0.29, 0.717) is 12.2 Å². The number of ether oxygens (including phenoxy) is 1. The zero-order valence-corrected chi connectivity index (χ0v) is 11.2. The van der Waals surface area contributed by atoms with Crippen molar-refractivity contribution in [2.24, 2.45) is 0 Å². The Morgan fingerprint density at radius 2 is 2.00 bits per heavy atom. The number of benzene rings is 1. The minimum Gasteiger partial charge on any atom is -0.480 e. The van der Waals surface area contributed by atoms with Crippen molar-refractivity contribution >= 4 is 11.9 Å². The molecule has 0 aliphatic carbocycles. The van der Waals surface area contributed by atoms with Crippen LogP contribution in [0.1, 0.15) is 23.6 Å². The van der Waals surface area contributed by atoms with Gasteiger partial charge in [0.1, 0.15) is 11.8 Å². The zero-order valence-electron chi connectivity index (χ0n) is 11.2. The molecule has 0 bridgehead atoms. The molecule has 0 aromatic heterocycles. The molecule has 1 aliphatic heterocycles. The first kappa shape index (κ1) is 13.4. The number of aryl methyl sites for hydroxylation is 2. The molecular weight excluding hydrogens is 246 g/mol. The second-order valence-electron chi connectivity index (χ2n) is 4.92. The molecule has 0 radical (unpaired) electrons. The smallest absolute Gasteiger partial charge is 0.325 e. The summed E-state index contributed by atoms with van der Waals surface area (Å²) in [5.74, 6) is -0.733. The van der Waals surface area contributed by atoms with Crippen molar-refractivity contribution in [3.05, 3.63) is 28.8 Å². The summed E-state index contributed by atoms with van der Waals surface area (Å²) in [4.78, 5) is 22.6. The van der Waals surface area contributed by atoms with Gasteiger partial charge in [0.25, 0.3) is 5.91 Å². The van der Waals surface area contributed by atoms with Crippen LogP contribution in [0, 0.1) is 13.8 Å². The fourth-order valence-electron chi connectivity index (χ4n) is 2.03. The Morgan fingerprint density at radius 3 is 2.63 bits per heavy atom.